The van der Waals surface area contributed by atoms with E-state index in [2.05, 4.69) is 60.9 Å². The Bertz CT molecular complexity index is 428. The van der Waals surface area contributed by atoms with Gasteiger partial charge in [0.15, 0.2) is 5.13 Å². The molecule has 2 rings (SSSR count). The van der Waals surface area contributed by atoms with Gasteiger partial charge < -0.3 is 5.32 Å². The molecular weight excluding hydrogens is 434 g/mol. The second-order valence-electron chi connectivity index (χ2n) is 2.87. The van der Waals surface area contributed by atoms with Crippen molar-refractivity contribution in [1.29, 1.82) is 0 Å². The lowest BCUT2D eigenvalue weighted by Crippen LogP contribution is -1.89. The maximum atomic E-state index is 4.50. The van der Waals surface area contributed by atoms with E-state index in [1.54, 1.807) is 11.3 Å². The molecule has 0 spiro atoms. The Morgan fingerprint density at radius 3 is 2.53 bits per heavy atom. The normalized spacial score (nSPS) is 10.6. The summed E-state index contributed by atoms with van der Waals surface area (Å²) in [5.41, 5.74) is 2.21. The first kappa shape index (κ1) is 11.6. The molecule has 5 heteroatoms. The van der Waals surface area contributed by atoms with E-state index in [-0.39, 0.29) is 0 Å². The number of nitrogens with zero attached hydrogens (tertiary/aromatic N) is 1. The van der Waals surface area contributed by atoms with Crippen molar-refractivity contribution in [2.75, 3.05) is 5.32 Å². The van der Waals surface area contributed by atoms with E-state index in [0.29, 0.717) is 1.93 Å². The number of alkyl halides is 2. The highest BCUT2D eigenvalue weighted by Crippen LogP contribution is 2.33. The minimum Gasteiger partial charge on any atom is -0.332 e. The summed E-state index contributed by atoms with van der Waals surface area (Å²) in [7, 11) is 0. The van der Waals surface area contributed by atoms with Crippen molar-refractivity contribution in [1.82, 2.24) is 4.98 Å². The van der Waals surface area contributed by atoms with Crippen LogP contribution in [-0.4, -0.2) is 4.98 Å². The van der Waals surface area contributed by atoms with Crippen LogP contribution in [0.1, 0.15) is 7.63 Å². The van der Waals surface area contributed by atoms with Gasteiger partial charge in [-0.2, -0.15) is 0 Å². The van der Waals surface area contributed by atoms with Crippen molar-refractivity contribution in [3.05, 3.63) is 41.4 Å². The van der Waals surface area contributed by atoms with Crippen LogP contribution in [0.5, 0.6) is 0 Å². The van der Waals surface area contributed by atoms with Crippen LogP contribution in [-0.2, 0) is 0 Å². The Hall–Kier alpha value is 0.110. The topological polar surface area (TPSA) is 24.9 Å². The van der Waals surface area contributed by atoms with Crippen LogP contribution in [0.15, 0.2) is 35.7 Å². The number of nitrogens with one attached hydrogen (secondary N) is 1. The van der Waals surface area contributed by atoms with E-state index in [4.69, 9.17) is 0 Å². The summed E-state index contributed by atoms with van der Waals surface area (Å²) in [6.07, 6.45) is 0. The fourth-order valence-corrected chi connectivity index (χ4v) is 2.97. The third kappa shape index (κ3) is 3.28. The van der Waals surface area contributed by atoms with Crippen LogP contribution in [0.4, 0.5) is 10.8 Å². The first-order chi connectivity index (χ1) is 7.25. The molecule has 78 valence electrons. The average Bonchev–Trinajstić information content (AvgIpc) is 2.68. The van der Waals surface area contributed by atoms with Crippen molar-refractivity contribution in [3.63, 3.8) is 0 Å². The molecule has 0 saturated carbocycles. The monoisotopic (exact) mass is 442 g/mol. The highest BCUT2D eigenvalue weighted by Gasteiger charge is 2.07. The zero-order valence-electron chi connectivity index (χ0n) is 7.65. The Balaban J connectivity index is 2.12. The number of thiazole rings is 1. The van der Waals surface area contributed by atoms with Crippen LogP contribution < -0.4 is 5.32 Å². The second kappa shape index (κ2) is 5.44. The van der Waals surface area contributed by atoms with Gasteiger partial charge in [0.05, 0.1) is 5.69 Å². The molecule has 15 heavy (non-hydrogen) atoms. The highest BCUT2D eigenvalue weighted by atomic mass is 127. The van der Waals surface area contributed by atoms with E-state index in [1.165, 1.54) is 0 Å². The summed E-state index contributed by atoms with van der Waals surface area (Å²) >= 11 is 6.35. The van der Waals surface area contributed by atoms with Crippen molar-refractivity contribution in [2.24, 2.45) is 0 Å². The summed E-state index contributed by atoms with van der Waals surface area (Å²) in [4.78, 5) is 4.50. The van der Waals surface area contributed by atoms with Crippen LogP contribution in [0.2, 0.25) is 0 Å². The SMILES string of the molecule is IC(I)c1csc(Nc2ccccc2)n1. The molecule has 1 aromatic carbocycles. The molecule has 0 aliphatic rings. The average molecular weight is 442 g/mol. The number of anilines is 2. The van der Waals surface area contributed by atoms with Gasteiger partial charge in [0.25, 0.3) is 0 Å². The second-order valence-corrected chi connectivity index (χ2v) is 8.60. The van der Waals surface area contributed by atoms with Crippen molar-refractivity contribution >= 4 is 67.3 Å². The quantitative estimate of drug-likeness (QED) is 0.549. The Labute approximate surface area is 120 Å². The Kier molecular flexibility index (Phi) is 4.21. The van der Waals surface area contributed by atoms with Gasteiger partial charge >= 0.3 is 0 Å². The molecule has 0 atom stereocenters. The molecule has 1 N–H and O–H groups in total. The zero-order valence-corrected chi connectivity index (χ0v) is 12.8. The molecule has 0 aliphatic heterocycles. The molecule has 0 saturated heterocycles. The maximum Gasteiger partial charge on any atom is 0.187 e. The lowest BCUT2D eigenvalue weighted by molar-refractivity contribution is 1.25. The summed E-state index contributed by atoms with van der Waals surface area (Å²) in [6, 6.07) is 10.1. The predicted molar refractivity (Wildman–Crippen MR) is 82.6 cm³/mol. The molecule has 0 unspecified atom stereocenters. The number of benzene rings is 1. The van der Waals surface area contributed by atoms with Crippen LogP contribution in [0, 0.1) is 0 Å². The van der Waals surface area contributed by atoms with Crippen LogP contribution in [0.25, 0.3) is 0 Å². The third-order valence-electron chi connectivity index (χ3n) is 1.77. The van der Waals surface area contributed by atoms with Crippen LogP contribution >= 0.6 is 56.5 Å². The molecular formula is C10H8I2N2S. The summed E-state index contributed by atoms with van der Waals surface area (Å²) in [5.74, 6) is 0. The number of hydrogen-bond donors (Lipinski definition) is 1. The first-order valence-electron chi connectivity index (χ1n) is 4.31. The fourth-order valence-electron chi connectivity index (χ4n) is 1.09. The van der Waals surface area contributed by atoms with Crippen molar-refractivity contribution in [2.45, 2.75) is 1.93 Å². The van der Waals surface area contributed by atoms with E-state index < -0.39 is 0 Å². The minimum atomic E-state index is 0.433. The zero-order chi connectivity index (χ0) is 10.7. The predicted octanol–water partition coefficient (Wildman–Crippen LogP) is 4.76. The molecule has 0 aliphatic carbocycles. The van der Waals surface area contributed by atoms with Crippen molar-refractivity contribution < 1.29 is 0 Å². The van der Waals surface area contributed by atoms with Gasteiger partial charge in [0.1, 0.15) is 1.93 Å². The van der Waals surface area contributed by atoms with Crippen molar-refractivity contribution in [3.8, 4) is 0 Å². The standard InChI is InChI=1S/C10H8I2N2S/c11-9(12)8-6-15-10(14-8)13-7-4-2-1-3-5-7/h1-6,9H,(H,13,14). The summed E-state index contributed by atoms with van der Waals surface area (Å²) < 4.78 is 0.433. The molecule has 0 amide bonds. The van der Waals surface area contributed by atoms with Crippen LogP contribution in [0.3, 0.4) is 0 Å². The van der Waals surface area contributed by atoms with E-state index in [1.807, 2.05) is 30.3 Å². The van der Waals surface area contributed by atoms with E-state index in [0.717, 1.165) is 16.5 Å². The Morgan fingerprint density at radius 2 is 1.93 bits per heavy atom. The first-order valence-corrected chi connectivity index (χ1v) is 7.68. The summed E-state index contributed by atoms with van der Waals surface area (Å²) in [6.45, 7) is 0. The lowest BCUT2D eigenvalue weighted by Gasteiger charge is -2.00. The van der Waals surface area contributed by atoms with E-state index in [9.17, 15) is 0 Å². The molecule has 2 aromatic rings. The van der Waals surface area contributed by atoms with Gasteiger partial charge in [0.2, 0.25) is 0 Å². The van der Waals surface area contributed by atoms with Gasteiger partial charge in [0, 0.05) is 11.1 Å². The summed E-state index contributed by atoms with van der Waals surface area (Å²) in [5, 5.41) is 6.33. The lowest BCUT2D eigenvalue weighted by atomic mass is 10.3. The van der Waals surface area contributed by atoms with Gasteiger partial charge in [-0.1, -0.05) is 63.4 Å². The smallest absolute Gasteiger partial charge is 0.187 e. The number of rotatable bonds is 3. The molecule has 0 fully saturated rings. The number of halogens is 2. The Morgan fingerprint density at radius 1 is 1.20 bits per heavy atom. The molecule has 0 radical (unpaired) electrons. The largest absolute Gasteiger partial charge is 0.332 e. The van der Waals surface area contributed by atoms with Gasteiger partial charge in [-0.3, -0.25) is 0 Å². The third-order valence-corrected chi connectivity index (χ3v) is 3.82. The molecule has 0 bridgehead atoms. The van der Waals surface area contributed by atoms with Gasteiger partial charge in [-0.25, -0.2) is 4.98 Å². The molecule has 1 aromatic heterocycles. The number of hydrogen-bond acceptors (Lipinski definition) is 3. The fraction of sp³-hybridized carbons (Fsp3) is 0.100. The highest BCUT2D eigenvalue weighted by molar-refractivity contribution is 14.2. The number of para-hydroxylation sites is 1. The molecule has 1 heterocycles. The number of aromatic nitrogens is 1. The van der Waals surface area contributed by atoms with E-state index >= 15 is 0 Å². The maximum absolute atomic E-state index is 4.50. The molecule has 2 nitrogen and oxygen atoms in total. The van der Waals surface area contributed by atoms with Gasteiger partial charge in [-0.15, -0.1) is 11.3 Å². The minimum absolute atomic E-state index is 0.433. The van der Waals surface area contributed by atoms with Gasteiger partial charge in [-0.05, 0) is 12.1 Å².